The molecule has 0 spiro atoms. The molecule has 1 saturated carbocycles. The summed E-state index contributed by atoms with van der Waals surface area (Å²) >= 11 is 0. The highest BCUT2D eigenvalue weighted by molar-refractivity contribution is 4.96. The van der Waals surface area contributed by atoms with Gasteiger partial charge in [-0.1, -0.05) is 40.5 Å². The number of rotatable bonds is 5. The molecule has 0 saturated heterocycles. The van der Waals surface area contributed by atoms with Crippen LogP contribution in [0.2, 0.25) is 0 Å². The highest BCUT2D eigenvalue weighted by Crippen LogP contribution is 2.46. The average molecular weight is 242 g/mol. The van der Waals surface area contributed by atoms with Gasteiger partial charge in [0.1, 0.15) is 0 Å². The summed E-state index contributed by atoms with van der Waals surface area (Å²) in [6.07, 6.45) is 5.20. The summed E-state index contributed by atoms with van der Waals surface area (Å²) in [7, 11) is 0. The molecule has 0 aromatic heterocycles. The second-order valence-corrected chi connectivity index (χ2v) is 6.74. The van der Waals surface area contributed by atoms with E-state index < -0.39 is 0 Å². The minimum atomic E-state index is -0.347. The molecule has 2 N–H and O–H groups in total. The molecule has 17 heavy (non-hydrogen) atoms. The van der Waals surface area contributed by atoms with Crippen LogP contribution in [0.5, 0.6) is 0 Å². The van der Waals surface area contributed by atoms with Crippen molar-refractivity contribution in [2.45, 2.75) is 78.4 Å². The maximum atomic E-state index is 10.6. The van der Waals surface area contributed by atoms with E-state index >= 15 is 0 Å². The van der Waals surface area contributed by atoms with E-state index in [1.807, 2.05) is 0 Å². The lowest BCUT2D eigenvalue weighted by molar-refractivity contribution is -0.111. The molecule has 0 radical (unpaired) electrons. The van der Waals surface area contributed by atoms with Gasteiger partial charge in [0, 0.05) is 5.41 Å². The Morgan fingerprint density at radius 3 is 2.24 bits per heavy atom. The third-order valence-corrected chi connectivity index (χ3v) is 4.18. The maximum Gasteiger partial charge on any atom is 0.0623 e. The zero-order chi connectivity index (χ0) is 13.1. The third kappa shape index (κ3) is 3.69. The van der Waals surface area contributed by atoms with E-state index in [0.29, 0.717) is 11.8 Å². The van der Waals surface area contributed by atoms with Crippen LogP contribution in [0, 0.1) is 17.3 Å². The lowest BCUT2D eigenvalue weighted by Crippen LogP contribution is -2.48. The first-order valence-corrected chi connectivity index (χ1v) is 7.24. The van der Waals surface area contributed by atoms with E-state index in [4.69, 9.17) is 0 Å². The van der Waals surface area contributed by atoms with Crippen molar-refractivity contribution in [3.05, 3.63) is 0 Å². The molecule has 3 atom stereocenters. The third-order valence-electron chi connectivity index (χ3n) is 4.18. The van der Waals surface area contributed by atoms with Crippen LogP contribution in [0.1, 0.15) is 66.2 Å². The Morgan fingerprint density at radius 2 is 1.76 bits per heavy atom. The fraction of sp³-hybridized carbons (Fsp3) is 1.00. The molecule has 0 heterocycles. The highest BCUT2D eigenvalue weighted by atomic mass is 16.3. The Labute approximate surface area is 106 Å². The zero-order valence-electron chi connectivity index (χ0n) is 11.9. The van der Waals surface area contributed by atoms with Crippen molar-refractivity contribution >= 4 is 0 Å². The maximum absolute atomic E-state index is 10.6. The van der Waals surface area contributed by atoms with E-state index in [-0.39, 0.29) is 17.6 Å². The first-order chi connectivity index (χ1) is 7.88. The summed E-state index contributed by atoms with van der Waals surface area (Å²) < 4.78 is 0. The Hall–Kier alpha value is -0.0800. The van der Waals surface area contributed by atoms with Gasteiger partial charge in [0.25, 0.3) is 0 Å². The lowest BCUT2D eigenvalue weighted by Gasteiger charge is -2.46. The van der Waals surface area contributed by atoms with Crippen molar-refractivity contribution in [1.82, 2.24) is 0 Å². The van der Waals surface area contributed by atoms with Gasteiger partial charge >= 0.3 is 0 Å². The molecular formula is C15H30O2. The van der Waals surface area contributed by atoms with Crippen LogP contribution < -0.4 is 0 Å². The zero-order valence-corrected chi connectivity index (χ0v) is 11.9. The van der Waals surface area contributed by atoms with Crippen LogP contribution in [-0.4, -0.2) is 22.4 Å². The second kappa shape index (κ2) is 6.19. The van der Waals surface area contributed by atoms with E-state index in [1.54, 1.807) is 0 Å². The fourth-order valence-corrected chi connectivity index (χ4v) is 3.45. The first-order valence-electron chi connectivity index (χ1n) is 7.24. The highest BCUT2D eigenvalue weighted by Gasteiger charge is 2.45. The van der Waals surface area contributed by atoms with Crippen molar-refractivity contribution in [2.24, 2.45) is 17.3 Å². The Morgan fingerprint density at radius 1 is 1.12 bits per heavy atom. The summed E-state index contributed by atoms with van der Waals surface area (Å²) in [5.41, 5.74) is -0.239. The molecule has 0 aromatic carbocycles. The van der Waals surface area contributed by atoms with E-state index in [9.17, 15) is 10.2 Å². The minimum absolute atomic E-state index is 0.239. The van der Waals surface area contributed by atoms with Gasteiger partial charge in [-0.3, -0.25) is 0 Å². The molecule has 1 aliphatic rings. The SMILES string of the molecule is CC(C)C[C@@H](O)[C@]1(CC(C)C)CCCC[C@@H]1O. The second-order valence-electron chi connectivity index (χ2n) is 6.74. The summed E-state index contributed by atoms with van der Waals surface area (Å²) in [4.78, 5) is 0. The molecule has 2 heteroatoms. The van der Waals surface area contributed by atoms with Crippen LogP contribution in [0.25, 0.3) is 0 Å². The predicted molar refractivity (Wildman–Crippen MR) is 71.8 cm³/mol. The molecule has 1 rings (SSSR count). The molecule has 0 aliphatic heterocycles. The smallest absolute Gasteiger partial charge is 0.0623 e. The van der Waals surface area contributed by atoms with Crippen molar-refractivity contribution < 1.29 is 10.2 Å². The van der Waals surface area contributed by atoms with Crippen LogP contribution in [0.15, 0.2) is 0 Å². The fourth-order valence-electron chi connectivity index (χ4n) is 3.45. The number of hydrogen-bond acceptors (Lipinski definition) is 2. The molecule has 0 bridgehead atoms. The standard InChI is InChI=1S/C15H30O2/c1-11(2)9-14(17)15(10-12(3)4)8-6-5-7-13(15)16/h11-14,16-17H,5-10H2,1-4H3/t13-,14+,15-/m0/s1. The molecule has 1 fully saturated rings. The average Bonchev–Trinajstić information content (AvgIpc) is 2.19. The minimum Gasteiger partial charge on any atom is -0.392 e. The van der Waals surface area contributed by atoms with Gasteiger partial charge in [-0.2, -0.15) is 0 Å². The molecule has 0 aromatic rings. The topological polar surface area (TPSA) is 40.5 Å². The van der Waals surface area contributed by atoms with Gasteiger partial charge in [-0.25, -0.2) is 0 Å². The molecule has 1 aliphatic carbocycles. The van der Waals surface area contributed by atoms with Gasteiger partial charge in [0.05, 0.1) is 12.2 Å². The largest absolute Gasteiger partial charge is 0.392 e. The van der Waals surface area contributed by atoms with Gasteiger partial charge < -0.3 is 10.2 Å². The Kier molecular flexibility index (Phi) is 5.46. The molecule has 2 nitrogen and oxygen atoms in total. The molecule has 102 valence electrons. The normalized spacial score (nSPS) is 32.1. The Bertz CT molecular complexity index is 225. The number of aliphatic hydroxyl groups excluding tert-OH is 2. The van der Waals surface area contributed by atoms with Crippen LogP contribution >= 0.6 is 0 Å². The van der Waals surface area contributed by atoms with Gasteiger partial charge in [-0.05, 0) is 37.5 Å². The van der Waals surface area contributed by atoms with E-state index in [1.165, 1.54) is 0 Å². The van der Waals surface area contributed by atoms with Crippen LogP contribution in [-0.2, 0) is 0 Å². The summed E-state index contributed by atoms with van der Waals surface area (Å²) in [5.74, 6) is 1.02. The van der Waals surface area contributed by atoms with Crippen molar-refractivity contribution in [3.63, 3.8) is 0 Å². The van der Waals surface area contributed by atoms with Gasteiger partial charge in [-0.15, -0.1) is 0 Å². The molecule has 0 unspecified atom stereocenters. The molecular weight excluding hydrogens is 212 g/mol. The monoisotopic (exact) mass is 242 g/mol. The van der Waals surface area contributed by atoms with Crippen LogP contribution in [0.3, 0.4) is 0 Å². The predicted octanol–water partition coefficient (Wildman–Crippen LogP) is 3.36. The van der Waals surface area contributed by atoms with Crippen LogP contribution in [0.4, 0.5) is 0 Å². The van der Waals surface area contributed by atoms with Crippen molar-refractivity contribution in [3.8, 4) is 0 Å². The van der Waals surface area contributed by atoms with Gasteiger partial charge in [0.2, 0.25) is 0 Å². The molecule has 0 amide bonds. The number of aliphatic hydroxyl groups is 2. The number of hydrogen-bond donors (Lipinski definition) is 2. The quantitative estimate of drug-likeness (QED) is 0.776. The van der Waals surface area contributed by atoms with E-state index in [0.717, 1.165) is 38.5 Å². The Balaban J connectivity index is 2.83. The summed E-state index contributed by atoms with van der Waals surface area (Å²) in [6.45, 7) is 8.65. The van der Waals surface area contributed by atoms with E-state index in [2.05, 4.69) is 27.7 Å². The summed E-state index contributed by atoms with van der Waals surface area (Å²) in [6, 6.07) is 0. The van der Waals surface area contributed by atoms with Crippen molar-refractivity contribution in [1.29, 1.82) is 0 Å². The first kappa shape index (κ1) is 15.0. The lowest BCUT2D eigenvalue weighted by atomic mass is 9.63. The van der Waals surface area contributed by atoms with Gasteiger partial charge in [0.15, 0.2) is 0 Å². The summed E-state index contributed by atoms with van der Waals surface area (Å²) in [5, 5.41) is 20.9. The van der Waals surface area contributed by atoms with Crippen molar-refractivity contribution in [2.75, 3.05) is 0 Å².